The summed E-state index contributed by atoms with van der Waals surface area (Å²) in [4.78, 5) is 6.48. The number of aromatic nitrogens is 2. The van der Waals surface area contributed by atoms with Crippen LogP contribution in [-0.2, 0) is 16.4 Å². The van der Waals surface area contributed by atoms with Crippen LogP contribution in [0.4, 0.5) is 0 Å². The maximum Gasteiger partial charge on any atom is 0.269 e. The highest BCUT2D eigenvalue weighted by molar-refractivity contribution is 7.90. The lowest BCUT2D eigenvalue weighted by Crippen LogP contribution is -2.15. The summed E-state index contributed by atoms with van der Waals surface area (Å²) in [5, 5.41) is 0.836. The molecule has 0 aliphatic rings. The molecule has 0 radical (unpaired) electrons. The van der Waals surface area contributed by atoms with Crippen LogP contribution in [0.2, 0.25) is 0 Å². The summed E-state index contributed by atoms with van der Waals surface area (Å²) in [5.74, 6) is 0.828. The summed E-state index contributed by atoms with van der Waals surface area (Å²) < 4.78 is 38.3. The molecule has 0 aliphatic carbocycles. The first-order valence-electron chi connectivity index (χ1n) is 8.45. The van der Waals surface area contributed by atoms with E-state index in [9.17, 15) is 8.42 Å². The van der Waals surface area contributed by atoms with Gasteiger partial charge in [0.1, 0.15) is 0 Å². The normalized spacial score (nSPS) is 11.9. The predicted octanol–water partition coefficient (Wildman–Crippen LogP) is 2.39. The Kier molecular flexibility index (Phi) is 5.38. The minimum absolute atomic E-state index is 0.113. The van der Waals surface area contributed by atoms with Gasteiger partial charge in [-0.3, -0.25) is 0 Å². The molecule has 0 amide bonds. The van der Waals surface area contributed by atoms with Crippen LogP contribution in [0.5, 0.6) is 11.5 Å². The third-order valence-electron chi connectivity index (χ3n) is 4.35. The molecule has 2 aromatic heterocycles. The van der Waals surface area contributed by atoms with Crippen LogP contribution in [0.3, 0.4) is 0 Å². The van der Waals surface area contributed by atoms with E-state index in [2.05, 4.69) is 9.88 Å². The highest BCUT2D eigenvalue weighted by Gasteiger charge is 2.23. The van der Waals surface area contributed by atoms with Crippen LogP contribution in [0.1, 0.15) is 5.56 Å². The summed E-state index contributed by atoms with van der Waals surface area (Å²) in [7, 11) is 3.11. The molecule has 144 valence electrons. The van der Waals surface area contributed by atoms with E-state index in [-0.39, 0.29) is 4.90 Å². The SMILES string of the molecule is COc1ccc(S(=O)(=O)n2cc(CCN(C)C)c3cccnc32)cc1OC. The Morgan fingerprint density at radius 1 is 1.11 bits per heavy atom. The van der Waals surface area contributed by atoms with Gasteiger partial charge in [-0.1, -0.05) is 0 Å². The topological polar surface area (TPSA) is 73.7 Å². The lowest BCUT2D eigenvalue weighted by atomic mass is 10.1. The first-order chi connectivity index (χ1) is 12.9. The largest absolute Gasteiger partial charge is 0.493 e. The van der Waals surface area contributed by atoms with Crippen molar-refractivity contribution in [2.24, 2.45) is 0 Å². The maximum absolute atomic E-state index is 13.3. The molecule has 0 fully saturated rings. The van der Waals surface area contributed by atoms with Crippen LogP contribution >= 0.6 is 0 Å². The van der Waals surface area contributed by atoms with Crippen molar-refractivity contribution in [1.82, 2.24) is 13.9 Å². The number of benzene rings is 1. The van der Waals surface area contributed by atoms with Crippen molar-refractivity contribution in [3.05, 3.63) is 48.3 Å². The highest BCUT2D eigenvalue weighted by Crippen LogP contribution is 2.31. The summed E-state index contributed by atoms with van der Waals surface area (Å²) in [6.07, 6.45) is 3.98. The fraction of sp³-hybridized carbons (Fsp3) is 0.316. The number of nitrogens with zero attached hydrogens (tertiary/aromatic N) is 3. The van der Waals surface area contributed by atoms with Crippen LogP contribution < -0.4 is 9.47 Å². The third kappa shape index (κ3) is 3.63. The Morgan fingerprint density at radius 3 is 2.52 bits per heavy atom. The minimum Gasteiger partial charge on any atom is -0.493 e. The van der Waals surface area contributed by atoms with Crippen molar-refractivity contribution in [2.75, 3.05) is 34.9 Å². The zero-order valence-electron chi connectivity index (χ0n) is 15.8. The third-order valence-corrected chi connectivity index (χ3v) is 6.00. The smallest absolute Gasteiger partial charge is 0.269 e. The van der Waals surface area contributed by atoms with Crippen molar-refractivity contribution in [3.63, 3.8) is 0 Å². The fourth-order valence-electron chi connectivity index (χ4n) is 2.91. The van der Waals surface area contributed by atoms with E-state index in [0.717, 1.165) is 23.9 Å². The fourth-order valence-corrected chi connectivity index (χ4v) is 4.27. The van der Waals surface area contributed by atoms with Gasteiger partial charge in [-0.05, 0) is 50.3 Å². The molecule has 3 aromatic rings. The molecule has 0 unspecified atom stereocenters. The molecule has 0 saturated carbocycles. The Hall–Kier alpha value is -2.58. The second-order valence-corrected chi connectivity index (χ2v) is 8.21. The van der Waals surface area contributed by atoms with Crippen molar-refractivity contribution < 1.29 is 17.9 Å². The van der Waals surface area contributed by atoms with Crippen molar-refractivity contribution in [2.45, 2.75) is 11.3 Å². The molecular weight excluding hydrogens is 366 g/mol. The molecule has 2 heterocycles. The van der Waals surface area contributed by atoms with Crippen LogP contribution in [0, 0.1) is 0 Å². The van der Waals surface area contributed by atoms with Gasteiger partial charge in [0.15, 0.2) is 17.1 Å². The number of ether oxygens (including phenoxy) is 2. The summed E-state index contributed by atoms with van der Waals surface area (Å²) in [6.45, 7) is 0.810. The monoisotopic (exact) mass is 389 g/mol. The van der Waals surface area contributed by atoms with Gasteiger partial charge in [-0.2, -0.15) is 0 Å². The molecule has 1 aromatic carbocycles. The average Bonchev–Trinajstić information content (AvgIpc) is 3.05. The van der Waals surface area contributed by atoms with Gasteiger partial charge in [0, 0.05) is 30.4 Å². The van der Waals surface area contributed by atoms with Gasteiger partial charge in [0.05, 0.1) is 19.1 Å². The molecule has 0 atom stereocenters. The van der Waals surface area contributed by atoms with Gasteiger partial charge in [-0.15, -0.1) is 0 Å². The molecule has 0 bridgehead atoms. The van der Waals surface area contributed by atoms with Crippen LogP contribution in [-0.4, -0.2) is 57.1 Å². The van der Waals surface area contributed by atoms with E-state index in [4.69, 9.17) is 9.47 Å². The van der Waals surface area contributed by atoms with Crippen molar-refractivity contribution in [3.8, 4) is 11.5 Å². The molecule has 8 heteroatoms. The summed E-state index contributed by atoms with van der Waals surface area (Å²) >= 11 is 0. The molecular formula is C19H23N3O4S. The van der Waals surface area contributed by atoms with Gasteiger partial charge < -0.3 is 14.4 Å². The van der Waals surface area contributed by atoms with Crippen LogP contribution in [0.15, 0.2) is 47.6 Å². The quantitative estimate of drug-likeness (QED) is 0.618. The molecule has 27 heavy (non-hydrogen) atoms. The summed E-state index contributed by atoms with van der Waals surface area (Å²) in [5.41, 5.74) is 1.36. The predicted molar refractivity (Wildman–Crippen MR) is 104 cm³/mol. The Balaban J connectivity index is 2.13. The zero-order chi connectivity index (χ0) is 19.6. The maximum atomic E-state index is 13.3. The molecule has 0 saturated heterocycles. The Bertz CT molecular complexity index is 1060. The van der Waals surface area contributed by atoms with E-state index in [1.807, 2.05) is 26.2 Å². The summed E-state index contributed by atoms with van der Waals surface area (Å²) in [6, 6.07) is 8.26. The number of likely N-dealkylation sites (N-methyl/N-ethyl adjacent to an activating group) is 1. The minimum atomic E-state index is -3.84. The average molecular weight is 389 g/mol. The molecule has 0 aliphatic heterocycles. The van der Waals surface area contributed by atoms with Gasteiger partial charge in [-0.25, -0.2) is 17.4 Å². The van der Waals surface area contributed by atoms with E-state index < -0.39 is 10.0 Å². The lowest BCUT2D eigenvalue weighted by molar-refractivity contribution is 0.354. The number of rotatable bonds is 7. The van der Waals surface area contributed by atoms with Gasteiger partial charge in [0.25, 0.3) is 10.0 Å². The molecule has 0 N–H and O–H groups in total. The molecule has 0 spiro atoms. The lowest BCUT2D eigenvalue weighted by Gasteiger charge is -2.11. The van der Waals surface area contributed by atoms with Crippen molar-refractivity contribution in [1.29, 1.82) is 0 Å². The standard InChI is InChI=1S/C19H23N3O4S/c1-21(2)11-9-14-13-22(19-16(14)6-5-10-20-19)27(23,24)15-7-8-17(25-3)18(12-15)26-4/h5-8,10,12-13H,9,11H2,1-4H3. The molecule has 3 rings (SSSR count). The Morgan fingerprint density at radius 2 is 1.85 bits per heavy atom. The number of fused-ring (bicyclic) bond motifs is 1. The first kappa shape index (κ1) is 19.2. The number of hydrogen-bond acceptors (Lipinski definition) is 6. The van der Waals surface area contributed by atoms with Crippen molar-refractivity contribution >= 4 is 21.1 Å². The van der Waals surface area contributed by atoms with E-state index in [1.54, 1.807) is 18.5 Å². The van der Waals surface area contributed by atoms with Gasteiger partial charge in [0.2, 0.25) is 0 Å². The van der Waals surface area contributed by atoms with E-state index in [0.29, 0.717) is 17.1 Å². The first-order valence-corrected chi connectivity index (χ1v) is 9.89. The second-order valence-electron chi connectivity index (χ2n) is 6.40. The Labute approximate surface area is 159 Å². The highest BCUT2D eigenvalue weighted by atomic mass is 32.2. The second kappa shape index (κ2) is 7.58. The molecule has 7 nitrogen and oxygen atoms in total. The van der Waals surface area contributed by atoms with E-state index >= 15 is 0 Å². The number of pyridine rings is 1. The van der Waals surface area contributed by atoms with E-state index in [1.165, 1.54) is 30.3 Å². The number of methoxy groups -OCH3 is 2. The van der Waals surface area contributed by atoms with Crippen LogP contribution in [0.25, 0.3) is 11.0 Å². The van der Waals surface area contributed by atoms with Gasteiger partial charge >= 0.3 is 0 Å². The zero-order valence-corrected chi connectivity index (χ0v) is 16.7. The number of hydrogen-bond donors (Lipinski definition) is 0.